The van der Waals surface area contributed by atoms with E-state index in [-0.39, 0.29) is 5.91 Å². The van der Waals surface area contributed by atoms with Crippen LogP contribution in [0.5, 0.6) is 0 Å². The SMILES string of the molecule is O=C(/C=C/c1cccs1)NCc1ccc(-n2cccn2)cc1. The van der Waals surface area contributed by atoms with E-state index in [1.165, 1.54) is 0 Å². The van der Waals surface area contributed by atoms with Gasteiger partial charge in [0.1, 0.15) is 0 Å². The highest BCUT2D eigenvalue weighted by atomic mass is 32.1. The molecule has 110 valence electrons. The van der Waals surface area contributed by atoms with Crippen molar-refractivity contribution in [1.82, 2.24) is 15.1 Å². The largest absolute Gasteiger partial charge is 0.348 e. The van der Waals surface area contributed by atoms with Gasteiger partial charge in [0.25, 0.3) is 0 Å². The van der Waals surface area contributed by atoms with Crippen molar-refractivity contribution in [1.29, 1.82) is 0 Å². The van der Waals surface area contributed by atoms with Crippen LogP contribution in [-0.4, -0.2) is 15.7 Å². The molecule has 0 atom stereocenters. The van der Waals surface area contributed by atoms with Crippen molar-refractivity contribution < 1.29 is 4.79 Å². The van der Waals surface area contributed by atoms with Gasteiger partial charge in [0.15, 0.2) is 0 Å². The minimum Gasteiger partial charge on any atom is -0.348 e. The fraction of sp³-hybridized carbons (Fsp3) is 0.0588. The van der Waals surface area contributed by atoms with Crippen molar-refractivity contribution in [2.24, 2.45) is 0 Å². The number of hydrogen-bond acceptors (Lipinski definition) is 3. The second-order valence-corrected chi connectivity index (χ2v) is 5.66. The van der Waals surface area contributed by atoms with Gasteiger partial charge in [-0.15, -0.1) is 11.3 Å². The van der Waals surface area contributed by atoms with Gasteiger partial charge in [-0.1, -0.05) is 18.2 Å². The molecular formula is C17H15N3OS. The third-order valence-electron chi connectivity index (χ3n) is 3.11. The molecule has 0 fully saturated rings. The second-order valence-electron chi connectivity index (χ2n) is 4.68. The molecule has 0 saturated carbocycles. The van der Waals surface area contributed by atoms with Crippen molar-refractivity contribution in [3.63, 3.8) is 0 Å². The number of carbonyl (C=O) groups is 1. The van der Waals surface area contributed by atoms with Crippen molar-refractivity contribution >= 4 is 23.3 Å². The Morgan fingerprint density at radius 1 is 1.23 bits per heavy atom. The number of amides is 1. The molecule has 3 rings (SSSR count). The van der Waals surface area contributed by atoms with E-state index in [2.05, 4.69) is 10.4 Å². The minimum atomic E-state index is -0.0930. The fourth-order valence-corrected chi connectivity index (χ4v) is 2.60. The van der Waals surface area contributed by atoms with E-state index in [4.69, 9.17) is 0 Å². The summed E-state index contributed by atoms with van der Waals surface area (Å²) in [5.41, 5.74) is 2.05. The van der Waals surface area contributed by atoms with Gasteiger partial charge >= 0.3 is 0 Å². The molecule has 0 unspecified atom stereocenters. The van der Waals surface area contributed by atoms with E-state index in [1.54, 1.807) is 28.3 Å². The lowest BCUT2D eigenvalue weighted by atomic mass is 10.2. The highest BCUT2D eigenvalue weighted by Crippen LogP contribution is 2.10. The zero-order chi connectivity index (χ0) is 15.2. The van der Waals surface area contributed by atoms with Crippen LogP contribution in [0.25, 0.3) is 11.8 Å². The first kappa shape index (κ1) is 14.3. The summed E-state index contributed by atoms with van der Waals surface area (Å²) in [6, 6.07) is 13.8. The number of carbonyl (C=O) groups excluding carboxylic acids is 1. The number of hydrogen-bond donors (Lipinski definition) is 1. The average Bonchev–Trinajstić information content (AvgIpc) is 3.24. The van der Waals surface area contributed by atoms with Crippen LogP contribution in [0.15, 0.2) is 66.3 Å². The zero-order valence-electron chi connectivity index (χ0n) is 11.8. The van der Waals surface area contributed by atoms with Crippen LogP contribution in [0.4, 0.5) is 0 Å². The van der Waals surface area contributed by atoms with E-state index in [0.29, 0.717) is 6.54 Å². The van der Waals surface area contributed by atoms with E-state index in [9.17, 15) is 4.79 Å². The van der Waals surface area contributed by atoms with Crippen molar-refractivity contribution in [3.05, 3.63) is 76.8 Å². The summed E-state index contributed by atoms with van der Waals surface area (Å²) in [6.45, 7) is 0.507. The summed E-state index contributed by atoms with van der Waals surface area (Å²) in [4.78, 5) is 12.8. The maximum absolute atomic E-state index is 11.8. The predicted octanol–water partition coefficient (Wildman–Crippen LogP) is 3.26. The highest BCUT2D eigenvalue weighted by Gasteiger charge is 1.99. The molecule has 5 heteroatoms. The number of rotatable bonds is 5. The minimum absolute atomic E-state index is 0.0930. The number of benzene rings is 1. The summed E-state index contributed by atoms with van der Waals surface area (Å²) >= 11 is 1.60. The van der Waals surface area contributed by atoms with Crippen LogP contribution < -0.4 is 5.32 Å². The van der Waals surface area contributed by atoms with E-state index >= 15 is 0 Å². The molecule has 22 heavy (non-hydrogen) atoms. The number of nitrogens with zero attached hydrogens (tertiary/aromatic N) is 2. The Bertz CT molecular complexity index is 744. The Balaban J connectivity index is 1.54. The average molecular weight is 309 g/mol. The summed E-state index contributed by atoms with van der Waals surface area (Å²) in [5, 5.41) is 9.03. The highest BCUT2D eigenvalue weighted by molar-refractivity contribution is 7.10. The first-order chi connectivity index (χ1) is 10.8. The Morgan fingerprint density at radius 3 is 2.77 bits per heavy atom. The number of nitrogens with one attached hydrogen (secondary N) is 1. The Kier molecular flexibility index (Phi) is 4.46. The van der Waals surface area contributed by atoms with Gasteiger partial charge in [-0.05, 0) is 41.3 Å². The normalized spacial score (nSPS) is 10.9. The van der Waals surface area contributed by atoms with E-state index in [0.717, 1.165) is 16.1 Å². The third-order valence-corrected chi connectivity index (χ3v) is 3.95. The lowest BCUT2D eigenvalue weighted by Crippen LogP contribution is -2.20. The first-order valence-corrected chi connectivity index (χ1v) is 7.77. The molecule has 1 N–H and O–H groups in total. The van der Waals surface area contributed by atoms with Crippen molar-refractivity contribution in [3.8, 4) is 5.69 Å². The molecular weight excluding hydrogens is 294 g/mol. The molecule has 1 aromatic carbocycles. The first-order valence-electron chi connectivity index (χ1n) is 6.90. The standard InChI is InChI=1S/C17H15N3OS/c21-17(9-8-16-3-1-12-22-16)18-13-14-4-6-15(7-5-14)20-11-2-10-19-20/h1-12H,13H2,(H,18,21)/b9-8+. The zero-order valence-corrected chi connectivity index (χ0v) is 12.7. The molecule has 1 amide bonds. The Morgan fingerprint density at radius 2 is 2.09 bits per heavy atom. The molecule has 0 saturated heterocycles. The van der Waals surface area contributed by atoms with Gasteiger partial charge in [0.05, 0.1) is 5.69 Å². The maximum atomic E-state index is 11.8. The molecule has 3 aromatic rings. The van der Waals surface area contributed by atoms with E-state index < -0.39 is 0 Å². The van der Waals surface area contributed by atoms with Crippen LogP contribution in [0.2, 0.25) is 0 Å². The maximum Gasteiger partial charge on any atom is 0.244 e. The molecule has 0 bridgehead atoms. The lowest BCUT2D eigenvalue weighted by molar-refractivity contribution is -0.116. The Hall–Kier alpha value is -2.66. The second kappa shape index (κ2) is 6.87. The molecule has 0 aliphatic heterocycles. The predicted molar refractivity (Wildman–Crippen MR) is 88.8 cm³/mol. The van der Waals surface area contributed by atoms with Crippen molar-refractivity contribution in [2.45, 2.75) is 6.54 Å². The summed E-state index contributed by atoms with van der Waals surface area (Å²) < 4.78 is 1.80. The topological polar surface area (TPSA) is 46.9 Å². The fourth-order valence-electron chi connectivity index (χ4n) is 1.98. The third kappa shape index (κ3) is 3.71. The summed E-state index contributed by atoms with van der Waals surface area (Å²) in [6.07, 6.45) is 7.02. The van der Waals surface area contributed by atoms with Gasteiger partial charge in [-0.2, -0.15) is 5.10 Å². The van der Waals surface area contributed by atoms with E-state index in [1.807, 2.05) is 60.1 Å². The quantitative estimate of drug-likeness (QED) is 0.735. The monoisotopic (exact) mass is 309 g/mol. The van der Waals surface area contributed by atoms with Crippen LogP contribution in [0.1, 0.15) is 10.4 Å². The molecule has 2 aromatic heterocycles. The molecule has 0 radical (unpaired) electrons. The van der Waals surface area contributed by atoms with Gasteiger partial charge < -0.3 is 5.32 Å². The summed E-state index contributed by atoms with van der Waals surface area (Å²) in [7, 11) is 0. The van der Waals surface area contributed by atoms with Gasteiger partial charge in [-0.3, -0.25) is 4.79 Å². The van der Waals surface area contributed by atoms with Crippen LogP contribution in [0, 0.1) is 0 Å². The molecule has 4 nitrogen and oxygen atoms in total. The number of thiophene rings is 1. The molecule has 0 spiro atoms. The van der Waals surface area contributed by atoms with Crippen molar-refractivity contribution in [2.75, 3.05) is 0 Å². The van der Waals surface area contributed by atoms with Crippen LogP contribution in [0.3, 0.4) is 0 Å². The van der Waals surface area contributed by atoms with Gasteiger partial charge in [-0.25, -0.2) is 4.68 Å². The smallest absolute Gasteiger partial charge is 0.244 e. The molecule has 2 heterocycles. The van der Waals surface area contributed by atoms with Gasteiger partial charge in [0, 0.05) is 29.9 Å². The lowest BCUT2D eigenvalue weighted by Gasteiger charge is -2.05. The van der Waals surface area contributed by atoms with Gasteiger partial charge in [0.2, 0.25) is 5.91 Å². The molecule has 0 aliphatic carbocycles. The Labute approximate surface area is 132 Å². The van der Waals surface area contributed by atoms with Crippen LogP contribution >= 0.6 is 11.3 Å². The van der Waals surface area contributed by atoms with Crippen LogP contribution in [-0.2, 0) is 11.3 Å². The molecule has 0 aliphatic rings. The number of aromatic nitrogens is 2. The summed E-state index contributed by atoms with van der Waals surface area (Å²) in [5.74, 6) is -0.0930.